The maximum absolute atomic E-state index is 13.0. The molecule has 0 spiro atoms. The number of nitrogens with zero attached hydrogens (tertiary/aromatic N) is 1. The highest BCUT2D eigenvalue weighted by atomic mass is 32.2. The number of carbonyl (C=O) groups excluding carboxylic acids is 2. The van der Waals surface area contributed by atoms with Crippen molar-refractivity contribution in [3.63, 3.8) is 0 Å². The van der Waals surface area contributed by atoms with Crippen LogP contribution in [0.5, 0.6) is 0 Å². The van der Waals surface area contributed by atoms with Gasteiger partial charge in [0, 0.05) is 22.4 Å². The molecule has 0 aromatic rings. The van der Waals surface area contributed by atoms with Crippen molar-refractivity contribution in [2.75, 3.05) is 12.9 Å². The number of allylic oxidation sites excluding steroid dienone is 3. The Morgan fingerprint density at radius 3 is 2.70 bits per heavy atom. The lowest BCUT2D eigenvalue weighted by Crippen LogP contribution is -2.37. The number of thioether (sulfide) groups is 1. The molecule has 0 aromatic heterocycles. The molecule has 4 nitrogen and oxygen atoms in total. The maximum Gasteiger partial charge on any atom is 0.340 e. The Hall–Kier alpha value is -1.49. The van der Waals surface area contributed by atoms with E-state index in [1.165, 1.54) is 13.5 Å². The molecule has 124 valence electrons. The van der Waals surface area contributed by atoms with Crippen molar-refractivity contribution in [2.24, 2.45) is 0 Å². The van der Waals surface area contributed by atoms with Gasteiger partial charge >= 0.3 is 5.97 Å². The summed E-state index contributed by atoms with van der Waals surface area (Å²) in [5.74, 6) is 0.586. The summed E-state index contributed by atoms with van der Waals surface area (Å²) in [6.45, 7) is 1.87. The Kier molecular flexibility index (Phi) is 4.95. The van der Waals surface area contributed by atoms with Crippen molar-refractivity contribution in [2.45, 2.75) is 51.5 Å². The Morgan fingerprint density at radius 2 is 2.09 bits per heavy atom. The predicted octanol–water partition coefficient (Wildman–Crippen LogP) is 3.56. The molecule has 0 saturated heterocycles. The molecule has 5 heteroatoms. The minimum absolute atomic E-state index is 0.0387. The second-order valence-electron chi connectivity index (χ2n) is 6.22. The van der Waals surface area contributed by atoms with Crippen molar-refractivity contribution < 1.29 is 14.3 Å². The van der Waals surface area contributed by atoms with Crippen LogP contribution in [0.3, 0.4) is 0 Å². The quantitative estimate of drug-likeness (QED) is 0.585. The first-order chi connectivity index (χ1) is 11.1. The summed E-state index contributed by atoms with van der Waals surface area (Å²) in [6.07, 6.45) is 10.6. The minimum Gasteiger partial charge on any atom is -0.465 e. The molecule has 0 radical (unpaired) electrons. The molecule has 2 aliphatic heterocycles. The second kappa shape index (κ2) is 6.95. The lowest BCUT2D eigenvalue weighted by atomic mass is 9.94. The van der Waals surface area contributed by atoms with Crippen molar-refractivity contribution in [3.8, 4) is 0 Å². The topological polar surface area (TPSA) is 46.6 Å². The summed E-state index contributed by atoms with van der Waals surface area (Å²) in [5.41, 5.74) is 1.70. The monoisotopic (exact) mass is 333 g/mol. The largest absolute Gasteiger partial charge is 0.465 e. The van der Waals surface area contributed by atoms with Gasteiger partial charge in [0.05, 0.1) is 18.3 Å². The molecule has 23 heavy (non-hydrogen) atoms. The summed E-state index contributed by atoms with van der Waals surface area (Å²) in [4.78, 5) is 28.2. The molecule has 0 unspecified atom stereocenters. The van der Waals surface area contributed by atoms with E-state index in [9.17, 15) is 9.59 Å². The zero-order valence-electron chi connectivity index (χ0n) is 13.8. The van der Waals surface area contributed by atoms with Crippen LogP contribution in [0.2, 0.25) is 0 Å². The van der Waals surface area contributed by atoms with Crippen LogP contribution in [0.4, 0.5) is 0 Å². The molecule has 0 bridgehead atoms. The van der Waals surface area contributed by atoms with Gasteiger partial charge in [-0.1, -0.05) is 25.3 Å². The zero-order chi connectivity index (χ0) is 16.4. The van der Waals surface area contributed by atoms with Crippen LogP contribution >= 0.6 is 11.8 Å². The van der Waals surface area contributed by atoms with E-state index in [1.54, 1.807) is 11.8 Å². The molecule has 0 atom stereocenters. The number of carbonyl (C=O) groups is 2. The van der Waals surface area contributed by atoms with Crippen LogP contribution < -0.4 is 0 Å². The average molecular weight is 333 g/mol. The van der Waals surface area contributed by atoms with Crippen LogP contribution in [0, 0.1) is 0 Å². The normalized spacial score (nSPS) is 24.6. The van der Waals surface area contributed by atoms with E-state index in [0.717, 1.165) is 48.5 Å². The van der Waals surface area contributed by atoms with E-state index in [0.29, 0.717) is 11.1 Å². The summed E-state index contributed by atoms with van der Waals surface area (Å²) >= 11 is 1.73. The number of rotatable bonds is 3. The van der Waals surface area contributed by atoms with Crippen LogP contribution in [-0.2, 0) is 14.3 Å². The Bertz CT molecular complexity index is 612. The third kappa shape index (κ3) is 3.11. The van der Waals surface area contributed by atoms with Gasteiger partial charge in [-0.25, -0.2) is 4.79 Å². The average Bonchev–Trinajstić information content (AvgIpc) is 3.15. The Morgan fingerprint density at radius 1 is 1.35 bits per heavy atom. The summed E-state index contributed by atoms with van der Waals surface area (Å²) in [5, 5.41) is 0. The van der Waals surface area contributed by atoms with Gasteiger partial charge in [-0.15, -0.1) is 11.8 Å². The Balaban J connectivity index is 1.98. The smallest absolute Gasteiger partial charge is 0.340 e. The van der Waals surface area contributed by atoms with Gasteiger partial charge in [-0.2, -0.15) is 0 Å². The fraction of sp³-hybridized carbons (Fsp3) is 0.556. The van der Waals surface area contributed by atoms with Crippen molar-refractivity contribution in [1.82, 2.24) is 4.90 Å². The van der Waals surface area contributed by atoms with Crippen molar-refractivity contribution in [3.05, 3.63) is 33.9 Å². The highest BCUT2D eigenvalue weighted by Crippen LogP contribution is 2.38. The molecule has 3 aliphatic rings. The van der Waals surface area contributed by atoms with Gasteiger partial charge < -0.3 is 9.64 Å². The number of hydrogen-bond acceptors (Lipinski definition) is 4. The molecule has 0 aromatic carbocycles. The lowest BCUT2D eigenvalue weighted by molar-refractivity contribution is -0.136. The zero-order valence-corrected chi connectivity index (χ0v) is 14.6. The first-order valence-corrected chi connectivity index (χ1v) is 9.30. The van der Waals surface area contributed by atoms with E-state index in [-0.39, 0.29) is 11.9 Å². The molecular weight excluding hydrogens is 310 g/mol. The number of ether oxygens (including phenoxy) is 1. The molecule has 1 fully saturated rings. The lowest BCUT2D eigenvalue weighted by Gasteiger charge is -2.32. The number of methoxy groups -OCH3 is 1. The van der Waals surface area contributed by atoms with Crippen molar-refractivity contribution in [1.29, 1.82) is 0 Å². The van der Waals surface area contributed by atoms with E-state index in [4.69, 9.17) is 4.74 Å². The number of hydrogen-bond donors (Lipinski definition) is 0. The molecule has 1 saturated carbocycles. The van der Waals surface area contributed by atoms with Crippen LogP contribution in [0.15, 0.2) is 33.9 Å². The third-order valence-corrected chi connectivity index (χ3v) is 5.85. The van der Waals surface area contributed by atoms with Gasteiger partial charge in [0.15, 0.2) is 0 Å². The van der Waals surface area contributed by atoms with Crippen LogP contribution in [-0.4, -0.2) is 35.7 Å². The number of amides is 1. The Labute approximate surface area is 141 Å². The molecule has 1 amide bonds. The molecule has 1 aliphatic carbocycles. The van der Waals surface area contributed by atoms with Crippen LogP contribution in [0.25, 0.3) is 0 Å². The summed E-state index contributed by atoms with van der Waals surface area (Å²) in [7, 11) is 1.37. The molecule has 0 N–H and O–H groups in total. The maximum atomic E-state index is 13.0. The first kappa shape index (κ1) is 16.4. The van der Waals surface area contributed by atoms with Gasteiger partial charge in [0.1, 0.15) is 0 Å². The summed E-state index contributed by atoms with van der Waals surface area (Å²) < 4.78 is 4.94. The number of esters is 1. The molecule has 3 rings (SSSR count). The predicted molar refractivity (Wildman–Crippen MR) is 91.7 cm³/mol. The van der Waals surface area contributed by atoms with E-state index in [2.05, 4.69) is 6.08 Å². The fourth-order valence-electron chi connectivity index (χ4n) is 3.66. The highest BCUT2D eigenvalue weighted by molar-refractivity contribution is 8.03. The SMILES string of the molecule is COC(=O)C1=C(C)N(C2CCCCC2)C(=O)/C1=C\C1=CCCS1. The third-order valence-electron chi connectivity index (χ3n) is 4.79. The second-order valence-corrected chi connectivity index (χ2v) is 7.39. The van der Waals surface area contributed by atoms with Gasteiger partial charge in [-0.3, -0.25) is 4.79 Å². The summed E-state index contributed by atoms with van der Waals surface area (Å²) in [6, 6.07) is 0.215. The first-order valence-electron chi connectivity index (χ1n) is 8.31. The van der Waals surface area contributed by atoms with Gasteiger partial charge in [-0.05, 0) is 32.3 Å². The molecule has 2 heterocycles. The van der Waals surface area contributed by atoms with E-state index in [1.807, 2.05) is 17.9 Å². The molecular formula is C18H23NO3S. The van der Waals surface area contributed by atoms with Crippen molar-refractivity contribution >= 4 is 23.6 Å². The standard InChI is InChI=1S/C18H23NO3S/c1-12-16(18(21)22-2)15(11-14-9-6-10-23-14)17(20)19(12)13-7-4-3-5-8-13/h9,11,13H,3-8,10H2,1-2H3/b15-11-. The van der Waals surface area contributed by atoms with Gasteiger partial charge in [0.2, 0.25) is 0 Å². The van der Waals surface area contributed by atoms with Crippen LogP contribution in [0.1, 0.15) is 45.4 Å². The fourth-order valence-corrected chi connectivity index (χ4v) is 4.56. The van der Waals surface area contributed by atoms with E-state index < -0.39 is 5.97 Å². The van der Waals surface area contributed by atoms with E-state index >= 15 is 0 Å². The van der Waals surface area contributed by atoms with Gasteiger partial charge in [0.25, 0.3) is 5.91 Å². The minimum atomic E-state index is -0.413. The highest BCUT2D eigenvalue weighted by Gasteiger charge is 2.40.